The molecule has 3 heterocycles. The fourth-order valence-electron chi connectivity index (χ4n) is 3.16. The largest absolute Gasteiger partial charge is 0.361 e. The highest BCUT2D eigenvalue weighted by molar-refractivity contribution is 7.92. The zero-order valence-corrected chi connectivity index (χ0v) is 17.4. The van der Waals surface area contributed by atoms with Crippen molar-refractivity contribution in [2.45, 2.75) is 4.90 Å². The average Bonchev–Trinajstić information content (AvgIpc) is 3.36. The van der Waals surface area contributed by atoms with Crippen LogP contribution in [-0.2, 0) is 14.8 Å². The molecule has 0 fully saturated rings. The number of sulfonamides is 1. The number of carbonyl (C=O) groups excluding carboxylic acids is 1. The van der Waals surface area contributed by atoms with Crippen LogP contribution in [0.1, 0.15) is 5.56 Å². The van der Waals surface area contributed by atoms with Gasteiger partial charge in [0, 0.05) is 29.8 Å². The van der Waals surface area contributed by atoms with Crippen LogP contribution in [0, 0.1) is 0 Å². The Morgan fingerprint density at radius 1 is 1.00 bits per heavy atom. The SMILES string of the molecule is O=C1Nc2ccc3ncsc3c2/C1=C/Nc1ccc(S(=O)(=O)Nc2ncccn2)cc1. The van der Waals surface area contributed by atoms with Crippen LogP contribution in [0.3, 0.4) is 0 Å². The van der Waals surface area contributed by atoms with Gasteiger partial charge in [-0.05, 0) is 42.5 Å². The Morgan fingerprint density at radius 2 is 1.77 bits per heavy atom. The molecular formula is C20H14N6O3S2. The highest BCUT2D eigenvalue weighted by Gasteiger charge is 2.27. The van der Waals surface area contributed by atoms with Gasteiger partial charge in [0.1, 0.15) is 0 Å². The number of rotatable bonds is 5. The summed E-state index contributed by atoms with van der Waals surface area (Å²) in [7, 11) is -3.82. The summed E-state index contributed by atoms with van der Waals surface area (Å²) in [6, 6.07) is 11.4. The van der Waals surface area contributed by atoms with Crippen molar-refractivity contribution in [3.63, 3.8) is 0 Å². The quantitative estimate of drug-likeness (QED) is 0.398. The van der Waals surface area contributed by atoms with Gasteiger partial charge in [0.25, 0.3) is 15.9 Å². The lowest BCUT2D eigenvalue weighted by Crippen LogP contribution is -2.14. The van der Waals surface area contributed by atoms with Crippen molar-refractivity contribution in [2.75, 3.05) is 15.4 Å². The van der Waals surface area contributed by atoms with Gasteiger partial charge in [-0.25, -0.2) is 28.1 Å². The topological polar surface area (TPSA) is 126 Å². The molecular weight excluding hydrogens is 436 g/mol. The molecule has 9 nitrogen and oxygen atoms in total. The van der Waals surface area contributed by atoms with Crippen molar-refractivity contribution >= 4 is 60.4 Å². The molecule has 3 N–H and O–H groups in total. The van der Waals surface area contributed by atoms with Crippen molar-refractivity contribution < 1.29 is 13.2 Å². The minimum atomic E-state index is -3.82. The summed E-state index contributed by atoms with van der Waals surface area (Å²) in [5.74, 6) is -0.218. The summed E-state index contributed by atoms with van der Waals surface area (Å²) in [4.78, 5) is 24.5. The van der Waals surface area contributed by atoms with Crippen LogP contribution >= 0.6 is 11.3 Å². The fourth-order valence-corrected chi connectivity index (χ4v) is 4.97. The van der Waals surface area contributed by atoms with Crippen molar-refractivity contribution in [3.8, 4) is 0 Å². The molecule has 154 valence electrons. The summed E-state index contributed by atoms with van der Waals surface area (Å²) < 4.78 is 28.2. The fraction of sp³-hybridized carbons (Fsp3) is 0. The number of aromatic nitrogens is 3. The van der Waals surface area contributed by atoms with E-state index in [1.165, 1.54) is 35.9 Å². The van der Waals surface area contributed by atoms with Gasteiger partial charge in [0.05, 0.1) is 31.9 Å². The van der Waals surface area contributed by atoms with E-state index in [-0.39, 0.29) is 16.8 Å². The Morgan fingerprint density at radius 3 is 2.55 bits per heavy atom. The Hall–Kier alpha value is -3.83. The number of nitrogens with one attached hydrogen (secondary N) is 3. The second-order valence-corrected chi connectivity index (χ2v) is 9.08. The molecule has 2 aromatic heterocycles. The molecule has 4 aromatic rings. The van der Waals surface area contributed by atoms with Crippen LogP contribution in [0.15, 0.2) is 71.5 Å². The Bertz CT molecular complexity index is 1430. The first-order chi connectivity index (χ1) is 15.0. The molecule has 2 aromatic carbocycles. The first-order valence-corrected chi connectivity index (χ1v) is 11.4. The van der Waals surface area contributed by atoms with E-state index in [0.717, 1.165) is 21.5 Å². The number of hydrogen-bond donors (Lipinski definition) is 3. The molecule has 0 saturated heterocycles. The third kappa shape index (κ3) is 3.60. The molecule has 11 heteroatoms. The molecule has 0 unspecified atom stereocenters. The van der Waals surface area contributed by atoms with E-state index in [1.54, 1.807) is 29.9 Å². The van der Waals surface area contributed by atoms with E-state index >= 15 is 0 Å². The van der Waals surface area contributed by atoms with Gasteiger partial charge in [-0.2, -0.15) is 0 Å². The van der Waals surface area contributed by atoms with Gasteiger partial charge in [0.15, 0.2) is 0 Å². The number of nitrogens with zero attached hydrogens (tertiary/aromatic N) is 3. The Kier molecular flexibility index (Phi) is 4.60. The molecule has 1 aliphatic rings. The van der Waals surface area contributed by atoms with Crippen LogP contribution < -0.4 is 15.4 Å². The predicted molar refractivity (Wildman–Crippen MR) is 119 cm³/mol. The highest BCUT2D eigenvalue weighted by Crippen LogP contribution is 2.39. The number of benzene rings is 2. The van der Waals surface area contributed by atoms with E-state index in [1.807, 2.05) is 12.1 Å². The second-order valence-electron chi connectivity index (χ2n) is 6.55. The van der Waals surface area contributed by atoms with Crippen molar-refractivity contribution in [2.24, 2.45) is 0 Å². The number of carbonyl (C=O) groups is 1. The normalized spacial score (nSPS) is 14.5. The van der Waals surface area contributed by atoms with Gasteiger partial charge >= 0.3 is 0 Å². The molecule has 31 heavy (non-hydrogen) atoms. The van der Waals surface area contributed by atoms with E-state index < -0.39 is 10.0 Å². The van der Waals surface area contributed by atoms with Crippen LogP contribution in [-0.4, -0.2) is 29.3 Å². The van der Waals surface area contributed by atoms with Crippen LogP contribution in [0.2, 0.25) is 0 Å². The summed E-state index contributed by atoms with van der Waals surface area (Å²) in [6.07, 6.45) is 4.51. The van der Waals surface area contributed by atoms with E-state index in [2.05, 4.69) is 30.3 Å². The third-order valence-corrected chi connectivity index (χ3v) is 6.80. The average molecular weight is 451 g/mol. The highest BCUT2D eigenvalue weighted by atomic mass is 32.2. The predicted octanol–water partition coefficient (Wildman–Crippen LogP) is 3.29. The third-order valence-electron chi connectivity index (χ3n) is 4.60. The van der Waals surface area contributed by atoms with Gasteiger partial charge < -0.3 is 10.6 Å². The molecule has 0 radical (unpaired) electrons. The summed E-state index contributed by atoms with van der Waals surface area (Å²) in [5.41, 5.74) is 5.24. The van der Waals surface area contributed by atoms with Gasteiger partial charge in [0.2, 0.25) is 5.95 Å². The number of anilines is 3. The van der Waals surface area contributed by atoms with Gasteiger partial charge in [-0.3, -0.25) is 4.79 Å². The second kappa shape index (κ2) is 7.45. The summed E-state index contributed by atoms with van der Waals surface area (Å²) in [5, 5.41) is 5.91. The molecule has 0 saturated carbocycles. The first kappa shape index (κ1) is 19.2. The van der Waals surface area contributed by atoms with Crippen LogP contribution in [0.25, 0.3) is 15.8 Å². The lowest BCUT2D eigenvalue weighted by atomic mass is 10.1. The minimum Gasteiger partial charge on any atom is -0.361 e. The van der Waals surface area contributed by atoms with Gasteiger partial charge in [-0.1, -0.05) is 0 Å². The zero-order chi connectivity index (χ0) is 21.4. The van der Waals surface area contributed by atoms with E-state index in [9.17, 15) is 13.2 Å². The van der Waals surface area contributed by atoms with Crippen LogP contribution in [0.4, 0.5) is 17.3 Å². The number of fused-ring (bicyclic) bond motifs is 3. The number of hydrogen-bond acceptors (Lipinski definition) is 8. The summed E-state index contributed by atoms with van der Waals surface area (Å²) in [6.45, 7) is 0. The summed E-state index contributed by atoms with van der Waals surface area (Å²) >= 11 is 1.47. The van der Waals surface area contributed by atoms with Crippen molar-refractivity contribution in [1.29, 1.82) is 0 Å². The monoisotopic (exact) mass is 450 g/mol. The number of thiazole rings is 1. The Labute approximate surface area is 180 Å². The Balaban J connectivity index is 1.38. The molecule has 0 aliphatic carbocycles. The van der Waals surface area contributed by atoms with E-state index in [4.69, 9.17) is 0 Å². The van der Waals surface area contributed by atoms with Crippen molar-refractivity contribution in [1.82, 2.24) is 15.0 Å². The maximum atomic E-state index is 12.5. The minimum absolute atomic E-state index is 0.00488. The molecule has 0 bridgehead atoms. The first-order valence-electron chi connectivity index (χ1n) is 9.06. The molecule has 1 amide bonds. The smallest absolute Gasteiger partial charge is 0.264 e. The van der Waals surface area contributed by atoms with Gasteiger partial charge in [-0.15, -0.1) is 11.3 Å². The van der Waals surface area contributed by atoms with Crippen molar-refractivity contribution in [3.05, 3.63) is 72.1 Å². The number of amides is 1. The molecule has 0 atom stereocenters. The zero-order valence-electron chi connectivity index (χ0n) is 15.7. The molecule has 1 aliphatic heterocycles. The van der Waals surface area contributed by atoms with Crippen LogP contribution in [0.5, 0.6) is 0 Å². The standard InChI is InChI=1S/C20H14N6O3S2/c27-19-14(17-15(25-19)6-7-16-18(17)30-11-24-16)10-23-12-2-4-13(5-3-12)31(28,29)26-20-21-8-1-9-22-20/h1-11,23H,(H,25,27)(H,21,22,26)/b14-10-. The maximum Gasteiger partial charge on any atom is 0.264 e. The lowest BCUT2D eigenvalue weighted by Gasteiger charge is -2.08. The maximum absolute atomic E-state index is 12.5. The lowest BCUT2D eigenvalue weighted by molar-refractivity contribution is -0.110. The molecule has 0 spiro atoms. The molecule has 5 rings (SSSR count). The van der Waals surface area contributed by atoms with E-state index in [0.29, 0.717) is 11.3 Å².